The summed E-state index contributed by atoms with van der Waals surface area (Å²) < 4.78 is 0. The first-order chi connectivity index (χ1) is 9.13. The molecule has 1 atom stereocenters. The second kappa shape index (κ2) is 6.37. The van der Waals surface area contributed by atoms with Crippen LogP contribution in [0, 0.1) is 0 Å². The molecule has 0 aliphatic rings. The topological polar surface area (TPSA) is 28.2 Å². The van der Waals surface area contributed by atoms with E-state index >= 15 is 0 Å². The van der Waals surface area contributed by atoms with Crippen LogP contribution in [0.4, 0.5) is 5.13 Å². The lowest BCUT2D eigenvalue weighted by molar-refractivity contribution is 0.737. The number of aromatic nitrogens is 1. The van der Waals surface area contributed by atoms with Crippen LogP contribution >= 0.6 is 22.9 Å². The molecule has 2 aromatic rings. The van der Waals surface area contributed by atoms with Gasteiger partial charge in [-0.2, -0.15) is 0 Å². The Kier molecular flexibility index (Phi) is 4.80. The maximum absolute atomic E-state index is 6.25. The summed E-state index contributed by atoms with van der Waals surface area (Å²) in [5.41, 5.74) is 1.12. The zero-order valence-corrected chi connectivity index (χ0v) is 12.9. The zero-order chi connectivity index (χ0) is 13.8. The highest BCUT2D eigenvalue weighted by molar-refractivity contribution is 7.15. The highest BCUT2D eigenvalue weighted by Crippen LogP contribution is 2.31. The molecule has 0 aliphatic heterocycles. The van der Waals surface area contributed by atoms with Gasteiger partial charge in [0, 0.05) is 29.7 Å². The summed E-state index contributed by atoms with van der Waals surface area (Å²) in [5, 5.41) is 4.95. The maximum atomic E-state index is 6.25. The molecule has 0 aliphatic carbocycles. The Hall–Kier alpha value is -1.10. The molecule has 1 heterocycles. The van der Waals surface area contributed by atoms with E-state index in [1.165, 1.54) is 4.88 Å². The largest absolute Gasteiger partial charge is 0.344 e. The SMILES string of the molecule is CNCc1cnc(N(C)C(C)c2ccccc2Cl)s1. The van der Waals surface area contributed by atoms with Gasteiger partial charge in [0.15, 0.2) is 5.13 Å². The van der Waals surface area contributed by atoms with Gasteiger partial charge >= 0.3 is 0 Å². The fourth-order valence-corrected chi connectivity index (χ4v) is 3.16. The Morgan fingerprint density at radius 3 is 2.84 bits per heavy atom. The van der Waals surface area contributed by atoms with E-state index in [0.717, 1.165) is 22.3 Å². The molecule has 5 heteroatoms. The van der Waals surface area contributed by atoms with E-state index in [2.05, 4.69) is 35.2 Å². The first kappa shape index (κ1) is 14.3. The highest BCUT2D eigenvalue weighted by Gasteiger charge is 2.17. The molecular formula is C14H18ClN3S. The van der Waals surface area contributed by atoms with Crippen molar-refractivity contribution in [2.75, 3.05) is 19.0 Å². The van der Waals surface area contributed by atoms with Gasteiger partial charge in [-0.1, -0.05) is 29.8 Å². The molecule has 1 N–H and O–H groups in total. The Morgan fingerprint density at radius 1 is 1.42 bits per heavy atom. The van der Waals surface area contributed by atoms with Crippen molar-refractivity contribution in [2.24, 2.45) is 0 Å². The maximum Gasteiger partial charge on any atom is 0.185 e. The molecule has 0 amide bonds. The quantitative estimate of drug-likeness (QED) is 0.911. The summed E-state index contributed by atoms with van der Waals surface area (Å²) in [5.74, 6) is 0. The van der Waals surface area contributed by atoms with Gasteiger partial charge in [0.05, 0.1) is 6.04 Å². The van der Waals surface area contributed by atoms with Crippen molar-refractivity contribution in [2.45, 2.75) is 19.5 Å². The third-order valence-electron chi connectivity index (χ3n) is 3.13. The number of halogens is 1. The van der Waals surface area contributed by atoms with Crippen molar-refractivity contribution in [1.82, 2.24) is 10.3 Å². The van der Waals surface area contributed by atoms with Crippen molar-refractivity contribution >= 4 is 28.1 Å². The van der Waals surface area contributed by atoms with Gasteiger partial charge in [-0.3, -0.25) is 0 Å². The smallest absolute Gasteiger partial charge is 0.185 e. The summed E-state index contributed by atoms with van der Waals surface area (Å²) >= 11 is 7.96. The van der Waals surface area contributed by atoms with E-state index < -0.39 is 0 Å². The van der Waals surface area contributed by atoms with Gasteiger partial charge in [0.2, 0.25) is 0 Å². The zero-order valence-electron chi connectivity index (χ0n) is 11.4. The average molecular weight is 296 g/mol. The third kappa shape index (κ3) is 3.26. The Labute approximate surface area is 123 Å². The van der Waals surface area contributed by atoms with Crippen molar-refractivity contribution in [3.05, 3.63) is 45.9 Å². The molecule has 1 unspecified atom stereocenters. The minimum atomic E-state index is 0.197. The Morgan fingerprint density at radius 2 is 2.16 bits per heavy atom. The number of benzene rings is 1. The van der Waals surface area contributed by atoms with Gasteiger partial charge in [-0.15, -0.1) is 11.3 Å². The van der Waals surface area contributed by atoms with Crippen LogP contribution in [0.15, 0.2) is 30.5 Å². The second-order valence-corrected chi connectivity index (χ2v) is 5.95. The molecule has 0 saturated carbocycles. The molecule has 0 bridgehead atoms. The fourth-order valence-electron chi connectivity index (χ4n) is 1.90. The molecule has 0 fully saturated rings. The lowest BCUT2D eigenvalue weighted by Gasteiger charge is -2.25. The van der Waals surface area contributed by atoms with Crippen LogP contribution in [0.5, 0.6) is 0 Å². The molecule has 19 heavy (non-hydrogen) atoms. The van der Waals surface area contributed by atoms with Crippen LogP contribution in [-0.2, 0) is 6.54 Å². The van der Waals surface area contributed by atoms with Crippen LogP contribution in [0.2, 0.25) is 5.02 Å². The molecular weight excluding hydrogens is 278 g/mol. The number of nitrogens with one attached hydrogen (secondary N) is 1. The molecule has 3 nitrogen and oxygen atoms in total. The fraction of sp³-hybridized carbons (Fsp3) is 0.357. The minimum absolute atomic E-state index is 0.197. The van der Waals surface area contributed by atoms with E-state index in [4.69, 9.17) is 11.6 Å². The summed E-state index contributed by atoms with van der Waals surface area (Å²) in [6.45, 7) is 2.99. The summed E-state index contributed by atoms with van der Waals surface area (Å²) in [6.07, 6.45) is 1.92. The number of anilines is 1. The van der Waals surface area contributed by atoms with Crippen LogP contribution in [-0.4, -0.2) is 19.1 Å². The van der Waals surface area contributed by atoms with Crippen LogP contribution in [0.3, 0.4) is 0 Å². The van der Waals surface area contributed by atoms with Gasteiger partial charge < -0.3 is 10.2 Å². The summed E-state index contributed by atoms with van der Waals surface area (Å²) in [6, 6.07) is 8.15. The van der Waals surface area contributed by atoms with Crippen LogP contribution in [0.25, 0.3) is 0 Å². The predicted octanol–water partition coefficient (Wildman–Crippen LogP) is 3.71. The molecule has 0 saturated heterocycles. The van der Waals surface area contributed by atoms with Gasteiger partial charge in [-0.25, -0.2) is 4.98 Å². The monoisotopic (exact) mass is 295 g/mol. The van der Waals surface area contributed by atoms with Crippen molar-refractivity contribution < 1.29 is 0 Å². The van der Waals surface area contributed by atoms with Crippen LogP contribution < -0.4 is 10.2 Å². The number of nitrogens with zero attached hydrogens (tertiary/aromatic N) is 2. The number of hydrogen-bond acceptors (Lipinski definition) is 4. The van der Waals surface area contributed by atoms with E-state index in [1.54, 1.807) is 11.3 Å². The van der Waals surface area contributed by atoms with E-state index in [-0.39, 0.29) is 6.04 Å². The first-order valence-corrected chi connectivity index (χ1v) is 7.39. The lowest BCUT2D eigenvalue weighted by atomic mass is 10.1. The van der Waals surface area contributed by atoms with Crippen molar-refractivity contribution in [3.63, 3.8) is 0 Å². The summed E-state index contributed by atoms with van der Waals surface area (Å²) in [7, 11) is 3.99. The third-order valence-corrected chi connectivity index (χ3v) is 4.56. The van der Waals surface area contributed by atoms with Gasteiger partial charge in [0.25, 0.3) is 0 Å². The molecule has 102 valence electrons. The van der Waals surface area contributed by atoms with Crippen molar-refractivity contribution in [3.8, 4) is 0 Å². The van der Waals surface area contributed by atoms with Crippen LogP contribution in [0.1, 0.15) is 23.4 Å². The van der Waals surface area contributed by atoms with E-state index in [9.17, 15) is 0 Å². The molecule has 0 spiro atoms. The Bertz CT molecular complexity index is 541. The van der Waals surface area contributed by atoms with Crippen molar-refractivity contribution in [1.29, 1.82) is 0 Å². The summed E-state index contributed by atoms with van der Waals surface area (Å²) in [4.78, 5) is 7.86. The normalized spacial score (nSPS) is 12.4. The average Bonchev–Trinajstić information content (AvgIpc) is 2.87. The second-order valence-electron chi connectivity index (χ2n) is 4.45. The predicted molar refractivity (Wildman–Crippen MR) is 83.1 cm³/mol. The molecule has 1 aromatic heterocycles. The van der Waals surface area contributed by atoms with Gasteiger partial charge in [0.1, 0.15) is 0 Å². The minimum Gasteiger partial charge on any atom is -0.344 e. The molecule has 2 rings (SSSR count). The molecule has 1 aromatic carbocycles. The van der Waals surface area contributed by atoms with Gasteiger partial charge in [-0.05, 0) is 25.6 Å². The number of hydrogen-bond donors (Lipinski definition) is 1. The highest BCUT2D eigenvalue weighted by atomic mass is 35.5. The van der Waals surface area contributed by atoms with E-state index in [1.807, 2.05) is 31.4 Å². The lowest BCUT2D eigenvalue weighted by Crippen LogP contribution is -2.21. The standard InChI is InChI=1S/C14H18ClN3S/c1-10(12-6-4-5-7-13(12)15)18(3)14-17-9-11(19-14)8-16-2/h4-7,9-10,16H,8H2,1-3H3. The number of thiazole rings is 1. The number of rotatable bonds is 5. The first-order valence-electron chi connectivity index (χ1n) is 6.20. The Balaban J connectivity index is 2.18. The van der Waals surface area contributed by atoms with E-state index in [0.29, 0.717) is 0 Å². The molecule has 0 radical (unpaired) electrons.